The number of aliphatic hydroxyl groups is 1. The van der Waals surface area contributed by atoms with Crippen LogP contribution in [0.5, 0.6) is 5.75 Å². The molecule has 102 valence electrons. The minimum atomic E-state index is -0.972. The van der Waals surface area contributed by atoms with Gasteiger partial charge in [0, 0.05) is 6.54 Å². The van der Waals surface area contributed by atoms with Crippen molar-refractivity contribution in [1.82, 2.24) is 5.32 Å². The van der Waals surface area contributed by atoms with Gasteiger partial charge < -0.3 is 15.2 Å². The van der Waals surface area contributed by atoms with E-state index in [-0.39, 0.29) is 12.5 Å². The van der Waals surface area contributed by atoms with Crippen LogP contribution in [0, 0.1) is 11.3 Å². The molecule has 0 aliphatic rings. The summed E-state index contributed by atoms with van der Waals surface area (Å²) in [4.78, 5) is 11.8. The van der Waals surface area contributed by atoms with E-state index in [0.29, 0.717) is 11.3 Å². The lowest BCUT2D eigenvalue weighted by Crippen LogP contribution is -2.43. The minimum absolute atomic E-state index is 0.138. The molecule has 1 rings (SSSR count). The van der Waals surface area contributed by atoms with Gasteiger partial charge in [-0.1, -0.05) is 12.1 Å². The molecular weight excluding hydrogens is 244 g/mol. The second-order valence-corrected chi connectivity index (χ2v) is 4.90. The summed E-state index contributed by atoms with van der Waals surface area (Å²) in [5.74, 6) is 0.0331. The van der Waals surface area contributed by atoms with E-state index in [1.165, 1.54) is 0 Å². The first-order chi connectivity index (χ1) is 8.83. The molecule has 1 amide bonds. The lowest BCUT2D eigenvalue weighted by atomic mass is 10.1. The van der Waals surface area contributed by atoms with Crippen molar-refractivity contribution in [2.45, 2.75) is 32.5 Å². The summed E-state index contributed by atoms with van der Waals surface area (Å²) >= 11 is 0. The minimum Gasteiger partial charge on any atom is -0.480 e. The SMILES string of the molecule is CC(Oc1ccccc1C#N)C(=O)NCC(C)(C)O. The molecule has 0 bridgehead atoms. The van der Waals surface area contributed by atoms with E-state index in [1.54, 1.807) is 45.0 Å². The van der Waals surface area contributed by atoms with Gasteiger partial charge in [-0.2, -0.15) is 5.26 Å². The zero-order valence-corrected chi connectivity index (χ0v) is 11.3. The number of nitriles is 1. The Morgan fingerprint density at radius 3 is 2.74 bits per heavy atom. The number of ether oxygens (including phenoxy) is 1. The van der Waals surface area contributed by atoms with Crippen LogP contribution in [0.2, 0.25) is 0 Å². The molecule has 0 spiro atoms. The first-order valence-corrected chi connectivity index (χ1v) is 5.99. The number of hydrogen-bond acceptors (Lipinski definition) is 4. The number of nitrogens with one attached hydrogen (secondary N) is 1. The van der Waals surface area contributed by atoms with E-state index < -0.39 is 11.7 Å². The normalized spacial score (nSPS) is 12.4. The van der Waals surface area contributed by atoms with Crippen molar-refractivity contribution < 1.29 is 14.6 Å². The number of hydrogen-bond donors (Lipinski definition) is 2. The van der Waals surface area contributed by atoms with E-state index in [9.17, 15) is 9.90 Å². The summed E-state index contributed by atoms with van der Waals surface area (Å²) < 4.78 is 5.45. The highest BCUT2D eigenvalue weighted by molar-refractivity contribution is 5.80. The summed E-state index contributed by atoms with van der Waals surface area (Å²) in [7, 11) is 0. The summed E-state index contributed by atoms with van der Waals surface area (Å²) in [5.41, 5.74) is -0.593. The van der Waals surface area contributed by atoms with Gasteiger partial charge in [0.2, 0.25) is 0 Å². The van der Waals surface area contributed by atoms with Crippen LogP contribution in [-0.4, -0.2) is 29.3 Å². The molecule has 19 heavy (non-hydrogen) atoms. The van der Waals surface area contributed by atoms with Gasteiger partial charge in [-0.3, -0.25) is 4.79 Å². The van der Waals surface area contributed by atoms with Crippen LogP contribution in [-0.2, 0) is 4.79 Å². The predicted octanol–water partition coefficient (Wildman–Crippen LogP) is 1.21. The molecule has 0 fully saturated rings. The number of nitrogens with zero attached hydrogens (tertiary/aromatic N) is 1. The number of carbonyl (C=O) groups excluding carboxylic acids is 1. The van der Waals surface area contributed by atoms with Crippen molar-refractivity contribution in [3.05, 3.63) is 29.8 Å². The highest BCUT2D eigenvalue weighted by atomic mass is 16.5. The molecule has 1 unspecified atom stereocenters. The van der Waals surface area contributed by atoms with Crippen LogP contribution in [0.1, 0.15) is 26.3 Å². The van der Waals surface area contributed by atoms with E-state index in [1.807, 2.05) is 6.07 Å². The van der Waals surface area contributed by atoms with Crippen LogP contribution in [0.25, 0.3) is 0 Å². The number of rotatable bonds is 5. The molecule has 0 radical (unpaired) electrons. The molecule has 1 aromatic carbocycles. The maximum Gasteiger partial charge on any atom is 0.260 e. The van der Waals surface area contributed by atoms with Gasteiger partial charge in [-0.15, -0.1) is 0 Å². The van der Waals surface area contributed by atoms with Crippen molar-refractivity contribution >= 4 is 5.91 Å². The fourth-order valence-electron chi connectivity index (χ4n) is 1.35. The van der Waals surface area contributed by atoms with E-state index in [4.69, 9.17) is 10.00 Å². The second kappa shape index (κ2) is 6.21. The zero-order chi connectivity index (χ0) is 14.5. The van der Waals surface area contributed by atoms with E-state index in [2.05, 4.69) is 5.32 Å². The van der Waals surface area contributed by atoms with E-state index in [0.717, 1.165) is 0 Å². The fourth-order valence-corrected chi connectivity index (χ4v) is 1.35. The van der Waals surface area contributed by atoms with Crippen molar-refractivity contribution in [3.63, 3.8) is 0 Å². The van der Waals surface area contributed by atoms with Crippen molar-refractivity contribution in [2.75, 3.05) is 6.54 Å². The highest BCUT2D eigenvalue weighted by Gasteiger charge is 2.19. The lowest BCUT2D eigenvalue weighted by molar-refractivity contribution is -0.128. The average Bonchev–Trinajstić information content (AvgIpc) is 2.35. The van der Waals surface area contributed by atoms with Crippen LogP contribution < -0.4 is 10.1 Å². The largest absolute Gasteiger partial charge is 0.480 e. The lowest BCUT2D eigenvalue weighted by Gasteiger charge is -2.20. The molecule has 0 aliphatic carbocycles. The molecule has 5 heteroatoms. The van der Waals surface area contributed by atoms with Crippen molar-refractivity contribution in [3.8, 4) is 11.8 Å². The first-order valence-electron chi connectivity index (χ1n) is 5.99. The molecule has 1 aromatic rings. The third-order valence-corrected chi connectivity index (χ3v) is 2.38. The molecule has 0 aromatic heterocycles. The summed E-state index contributed by atoms with van der Waals surface area (Å²) in [6, 6.07) is 8.72. The summed E-state index contributed by atoms with van der Waals surface area (Å²) in [6.45, 7) is 4.93. The molecule has 2 N–H and O–H groups in total. The molecular formula is C14H18N2O3. The van der Waals surface area contributed by atoms with Gasteiger partial charge in [0.15, 0.2) is 6.10 Å². The van der Waals surface area contributed by atoms with Gasteiger partial charge >= 0.3 is 0 Å². The first kappa shape index (κ1) is 15.0. The van der Waals surface area contributed by atoms with Gasteiger partial charge in [-0.25, -0.2) is 0 Å². The van der Waals surface area contributed by atoms with Crippen molar-refractivity contribution in [2.24, 2.45) is 0 Å². The Morgan fingerprint density at radius 2 is 2.16 bits per heavy atom. The highest BCUT2D eigenvalue weighted by Crippen LogP contribution is 2.18. The Labute approximate surface area is 112 Å². The maximum atomic E-state index is 11.8. The molecule has 0 aliphatic heterocycles. The quantitative estimate of drug-likeness (QED) is 0.835. The number of amides is 1. The van der Waals surface area contributed by atoms with Crippen LogP contribution in [0.15, 0.2) is 24.3 Å². The summed E-state index contributed by atoms with van der Waals surface area (Å²) in [5, 5.41) is 21.0. The van der Waals surface area contributed by atoms with Crippen LogP contribution >= 0.6 is 0 Å². The standard InChI is InChI=1S/C14H18N2O3/c1-10(13(17)16-9-14(2,3)18)19-12-7-5-4-6-11(12)8-15/h4-7,10,18H,9H2,1-3H3,(H,16,17). The van der Waals surface area contributed by atoms with Crippen molar-refractivity contribution in [1.29, 1.82) is 5.26 Å². The van der Waals surface area contributed by atoms with Gasteiger partial charge in [0.1, 0.15) is 11.8 Å². The molecule has 0 saturated carbocycles. The Morgan fingerprint density at radius 1 is 1.53 bits per heavy atom. The smallest absolute Gasteiger partial charge is 0.260 e. The number of carbonyl (C=O) groups is 1. The van der Waals surface area contributed by atoms with Gasteiger partial charge in [0.05, 0.1) is 11.2 Å². The molecule has 0 saturated heterocycles. The summed E-state index contributed by atoms with van der Waals surface area (Å²) in [6.07, 6.45) is -0.739. The monoisotopic (exact) mass is 262 g/mol. The third-order valence-electron chi connectivity index (χ3n) is 2.38. The van der Waals surface area contributed by atoms with Gasteiger partial charge in [-0.05, 0) is 32.9 Å². The fraction of sp³-hybridized carbons (Fsp3) is 0.429. The van der Waals surface area contributed by atoms with Gasteiger partial charge in [0.25, 0.3) is 5.91 Å². The zero-order valence-electron chi connectivity index (χ0n) is 11.3. The topological polar surface area (TPSA) is 82.3 Å². The second-order valence-electron chi connectivity index (χ2n) is 4.90. The average molecular weight is 262 g/mol. The maximum absolute atomic E-state index is 11.8. The molecule has 1 atom stereocenters. The van der Waals surface area contributed by atoms with E-state index >= 15 is 0 Å². The Bertz CT molecular complexity index is 486. The van der Waals surface area contributed by atoms with Crippen LogP contribution in [0.4, 0.5) is 0 Å². The molecule has 0 heterocycles. The number of benzene rings is 1. The number of para-hydroxylation sites is 1. The van der Waals surface area contributed by atoms with Crippen LogP contribution in [0.3, 0.4) is 0 Å². The predicted molar refractivity (Wildman–Crippen MR) is 70.6 cm³/mol. The Hall–Kier alpha value is -2.06. The Balaban J connectivity index is 2.62. The molecule has 5 nitrogen and oxygen atoms in total. The third kappa shape index (κ3) is 4.98. The Kier molecular flexibility index (Phi) is 4.90.